The number of rotatable bonds is 3. The molecule has 1 atom stereocenters. The molecule has 1 heterocycles. The van der Waals surface area contributed by atoms with Crippen molar-refractivity contribution in [3.63, 3.8) is 0 Å². The number of benzene rings is 2. The van der Waals surface area contributed by atoms with Gasteiger partial charge in [0.1, 0.15) is 11.6 Å². The highest BCUT2D eigenvalue weighted by molar-refractivity contribution is 7.99. The largest absolute Gasteiger partial charge is 0.309 e. The summed E-state index contributed by atoms with van der Waals surface area (Å²) in [6.45, 7) is 1.89. The number of halogens is 1. The van der Waals surface area contributed by atoms with Gasteiger partial charge in [-0.3, -0.25) is 4.79 Å². The van der Waals surface area contributed by atoms with Crippen LogP contribution >= 0.6 is 11.8 Å². The summed E-state index contributed by atoms with van der Waals surface area (Å²) in [6, 6.07) is 13.8. The quantitative estimate of drug-likeness (QED) is 0.746. The predicted octanol–water partition coefficient (Wildman–Crippen LogP) is 3.92. The predicted molar refractivity (Wildman–Crippen MR) is 83.0 cm³/mol. The molecule has 0 saturated heterocycles. The first kappa shape index (κ1) is 13.8. The van der Waals surface area contributed by atoms with Crippen LogP contribution in [0.3, 0.4) is 0 Å². The molecular weight excluding hydrogens is 287 g/mol. The van der Waals surface area contributed by atoms with Crippen LogP contribution in [0, 0.1) is 5.82 Å². The van der Waals surface area contributed by atoms with Crippen LogP contribution in [-0.2, 0) is 0 Å². The van der Waals surface area contributed by atoms with Gasteiger partial charge in [0.15, 0.2) is 0 Å². The summed E-state index contributed by atoms with van der Waals surface area (Å²) >= 11 is 1.33. The lowest BCUT2D eigenvalue weighted by Crippen LogP contribution is -2.12. The van der Waals surface area contributed by atoms with Crippen LogP contribution in [0.1, 0.15) is 18.0 Å². The van der Waals surface area contributed by atoms with Gasteiger partial charge in [0, 0.05) is 4.90 Å². The Morgan fingerprint density at radius 2 is 1.86 bits per heavy atom. The van der Waals surface area contributed by atoms with Crippen molar-refractivity contribution in [3.8, 4) is 0 Å². The average Bonchev–Trinajstić information content (AvgIpc) is 2.49. The number of fused-ring (bicyclic) bond motifs is 1. The standard InChI is InChI=1S/C16H13FN2OS/c1-10(21-14-9-5-3-7-12(14)17)15-18-13-8-4-2-6-11(13)16(20)19-15/h2-10H,1H3,(H,18,19,20)/t10-/m0/s1. The molecule has 0 amide bonds. The molecule has 5 heteroatoms. The van der Waals surface area contributed by atoms with Gasteiger partial charge in [0.2, 0.25) is 0 Å². The third kappa shape index (κ3) is 2.83. The molecule has 106 valence electrons. The molecule has 0 spiro atoms. The molecule has 2 aromatic carbocycles. The first-order valence-electron chi connectivity index (χ1n) is 6.55. The van der Waals surface area contributed by atoms with E-state index in [9.17, 15) is 9.18 Å². The van der Waals surface area contributed by atoms with Gasteiger partial charge in [0.05, 0.1) is 16.2 Å². The van der Waals surface area contributed by atoms with Crippen molar-refractivity contribution in [2.45, 2.75) is 17.1 Å². The zero-order valence-corrected chi connectivity index (χ0v) is 12.2. The summed E-state index contributed by atoms with van der Waals surface area (Å²) < 4.78 is 13.7. The number of thioether (sulfide) groups is 1. The van der Waals surface area contributed by atoms with E-state index in [1.807, 2.05) is 13.0 Å². The zero-order valence-electron chi connectivity index (χ0n) is 11.3. The second kappa shape index (κ2) is 5.69. The first-order valence-corrected chi connectivity index (χ1v) is 7.43. The molecule has 0 bridgehead atoms. The summed E-state index contributed by atoms with van der Waals surface area (Å²) in [5, 5.41) is 0.406. The summed E-state index contributed by atoms with van der Waals surface area (Å²) in [5.74, 6) is 0.282. The number of nitrogens with one attached hydrogen (secondary N) is 1. The number of hydrogen-bond acceptors (Lipinski definition) is 3. The maximum absolute atomic E-state index is 13.7. The third-order valence-corrected chi connectivity index (χ3v) is 4.32. The van der Waals surface area contributed by atoms with Gasteiger partial charge in [-0.25, -0.2) is 9.37 Å². The summed E-state index contributed by atoms with van der Waals surface area (Å²) in [6.07, 6.45) is 0. The molecule has 21 heavy (non-hydrogen) atoms. The van der Waals surface area contributed by atoms with Crippen molar-refractivity contribution >= 4 is 22.7 Å². The minimum atomic E-state index is -0.266. The van der Waals surface area contributed by atoms with E-state index < -0.39 is 0 Å². The van der Waals surface area contributed by atoms with E-state index in [1.54, 1.807) is 36.4 Å². The van der Waals surface area contributed by atoms with Crippen molar-refractivity contribution in [1.29, 1.82) is 0 Å². The van der Waals surface area contributed by atoms with Gasteiger partial charge >= 0.3 is 0 Å². The summed E-state index contributed by atoms with van der Waals surface area (Å²) in [7, 11) is 0. The minimum absolute atomic E-state index is 0.154. The van der Waals surface area contributed by atoms with Crippen molar-refractivity contribution in [1.82, 2.24) is 9.97 Å². The van der Waals surface area contributed by atoms with Crippen molar-refractivity contribution in [3.05, 3.63) is 70.5 Å². The van der Waals surface area contributed by atoms with E-state index in [1.165, 1.54) is 17.8 Å². The van der Waals surface area contributed by atoms with E-state index in [4.69, 9.17) is 0 Å². The Hall–Kier alpha value is -2.14. The van der Waals surface area contributed by atoms with Crippen LogP contribution in [0.4, 0.5) is 4.39 Å². The number of para-hydroxylation sites is 1. The number of aromatic amines is 1. The maximum atomic E-state index is 13.7. The van der Waals surface area contributed by atoms with Gasteiger partial charge in [-0.05, 0) is 31.2 Å². The van der Waals surface area contributed by atoms with E-state index in [0.29, 0.717) is 21.6 Å². The molecule has 0 unspecified atom stereocenters. The third-order valence-electron chi connectivity index (χ3n) is 3.16. The molecule has 3 rings (SSSR count). The Labute approximate surface area is 125 Å². The van der Waals surface area contributed by atoms with Crippen LogP contribution in [0.2, 0.25) is 0 Å². The van der Waals surface area contributed by atoms with Crippen LogP contribution in [0.15, 0.2) is 58.2 Å². The van der Waals surface area contributed by atoms with Gasteiger partial charge < -0.3 is 4.98 Å². The van der Waals surface area contributed by atoms with Crippen LogP contribution in [-0.4, -0.2) is 9.97 Å². The molecule has 0 aliphatic heterocycles. The first-order chi connectivity index (χ1) is 10.1. The molecule has 1 aromatic heterocycles. The molecule has 0 saturated carbocycles. The van der Waals surface area contributed by atoms with E-state index >= 15 is 0 Å². The van der Waals surface area contributed by atoms with Gasteiger partial charge in [0.25, 0.3) is 5.56 Å². The van der Waals surface area contributed by atoms with Crippen molar-refractivity contribution in [2.75, 3.05) is 0 Å². The second-order valence-electron chi connectivity index (χ2n) is 4.66. The molecule has 3 nitrogen and oxygen atoms in total. The lowest BCUT2D eigenvalue weighted by Gasteiger charge is -2.11. The number of nitrogens with zero attached hydrogens (tertiary/aromatic N) is 1. The fourth-order valence-corrected chi connectivity index (χ4v) is 3.03. The second-order valence-corrected chi connectivity index (χ2v) is 6.04. The molecule has 1 N–H and O–H groups in total. The number of aromatic nitrogens is 2. The molecule has 3 aromatic rings. The fourth-order valence-electron chi connectivity index (χ4n) is 2.08. The summed E-state index contributed by atoms with van der Waals surface area (Å²) in [4.78, 5) is 19.8. The fraction of sp³-hybridized carbons (Fsp3) is 0.125. The summed E-state index contributed by atoms with van der Waals surface area (Å²) in [5.41, 5.74) is 0.480. The lowest BCUT2D eigenvalue weighted by atomic mass is 10.2. The van der Waals surface area contributed by atoms with E-state index in [0.717, 1.165) is 0 Å². The smallest absolute Gasteiger partial charge is 0.258 e. The Kier molecular flexibility index (Phi) is 3.75. The highest BCUT2D eigenvalue weighted by atomic mass is 32.2. The molecular formula is C16H13FN2OS. The van der Waals surface area contributed by atoms with Crippen molar-refractivity contribution < 1.29 is 4.39 Å². The Morgan fingerprint density at radius 1 is 1.14 bits per heavy atom. The number of hydrogen-bond donors (Lipinski definition) is 1. The van der Waals surface area contributed by atoms with Crippen LogP contribution < -0.4 is 5.56 Å². The zero-order chi connectivity index (χ0) is 14.8. The van der Waals surface area contributed by atoms with Gasteiger partial charge in [-0.2, -0.15) is 0 Å². The van der Waals surface area contributed by atoms with Crippen LogP contribution in [0.5, 0.6) is 0 Å². The monoisotopic (exact) mass is 300 g/mol. The highest BCUT2D eigenvalue weighted by Crippen LogP contribution is 2.34. The Bertz CT molecular complexity index is 847. The number of H-pyrrole nitrogens is 1. The molecule has 0 aliphatic rings. The average molecular weight is 300 g/mol. The van der Waals surface area contributed by atoms with E-state index in [-0.39, 0.29) is 16.6 Å². The maximum Gasteiger partial charge on any atom is 0.258 e. The lowest BCUT2D eigenvalue weighted by molar-refractivity contribution is 0.601. The highest BCUT2D eigenvalue weighted by Gasteiger charge is 2.14. The van der Waals surface area contributed by atoms with E-state index in [2.05, 4.69) is 9.97 Å². The molecule has 0 radical (unpaired) electrons. The molecule has 0 aliphatic carbocycles. The minimum Gasteiger partial charge on any atom is -0.309 e. The van der Waals surface area contributed by atoms with Gasteiger partial charge in [-0.15, -0.1) is 11.8 Å². The van der Waals surface area contributed by atoms with Crippen LogP contribution in [0.25, 0.3) is 10.9 Å². The Balaban J connectivity index is 1.97. The Morgan fingerprint density at radius 3 is 2.67 bits per heavy atom. The molecule has 0 fully saturated rings. The SMILES string of the molecule is C[C@H](Sc1ccccc1F)c1nc2ccccc2c(=O)[nH]1. The normalized spacial score (nSPS) is 12.5. The topological polar surface area (TPSA) is 45.8 Å². The van der Waals surface area contributed by atoms with Gasteiger partial charge in [-0.1, -0.05) is 24.3 Å². The van der Waals surface area contributed by atoms with Crippen molar-refractivity contribution in [2.24, 2.45) is 0 Å².